The van der Waals surface area contributed by atoms with E-state index in [1.165, 1.54) is 25.3 Å². The van der Waals surface area contributed by atoms with Crippen LogP contribution in [-0.4, -0.2) is 37.3 Å². The molecule has 162 valence electrons. The van der Waals surface area contributed by atoms with Gasteiger partial charge < -0.3 is 10.1 Å². The van der Waals surface area contributed by atoms with Gasteiger partial charge in [-0.3, -0.25) is 9.78 Å². The van der Waals surface area contributed by atoms with Crippen molar-refractivity contribution in [3.8, 4) is 5.75 Å². The van der Waals surface area contributed by atoms with Gasteiger partial charge in [-0.1, -0.05) is 48.0 Å². The molecule has 0 saturated carbocycles. The monoisotopic (exact) mass is 459 g/mol. The Balaban J connectivity index is 1.83. The highest BCUT2D eigenvalue weighted by atomic mass is 35.5. The predicted octanol–water partition coefficient (Wildman–Crippen LogP) is 3.25. The van der Waals surface area contributed by atoms with Crippen molar-refractivity contribution in [2.24, 2.45) is 0 Å². The number of nitrogens with zero attached hydrogens (tertiary/aromatic N) is 2. The molecule has 0 radical (unpaired) electrons. The fourth-order valence-electron chi connectivity index (χ4n) is 2.89. The number of hydrogen-bond donors (Lipinski definition) is 1. The van der Waals surface area contributed by atoms with Crippen LogP contribution in [-0.2, 0) is 27.9 Å². The van der Waals surface area contributed by atoms with E-state index in [2.05, 4.69) is 10.3 Å². The van der Waals surface area contributed by atoms with Crippen LogP contribution in [0.3, 0.4) is 0 Å². The van der Waals surface area contributed by atoms with Crippen LogP contribution in [0.15, 0.2) is 78.0 Å². The molecule has 1 heterocycles. The fourth-order valence-corrected chi connectivity index (χ4v) is 4.62. The summed E-state index contributed by atoms with van der Waals surface area (Å²) in [7, 11) is -2.56. The van der Waals surface area contributed by atoms with Crippen molar-refractivity contribution in [3.05, 3.63) is 89.2 Å². The van der Waals surface area contributed by atoms with Crippen LogP contribution in [0, 0.1) is 0 Å². The summed E-state index contributed by atoms with van der Waals surface area (Å²) in [6.07, 6.45) is 3.28. The minimum atomic E-state index is -4.00. The summed E-state index contributed by atoms with van der Waals surface area (Å²) in [5.74, 6) is -0.0626. The SMILES string of the molecule is COc1ccc(S(=O)(=O)N(CC(=O)NCc2cccnc2)Cc2ccccc2)cc1Cl. The minimum Gasteiger partial charge on any atom is -0.495 e. The Morgan fingerprint density at radius 1 is 1.10 bits per heavy atom. The normalized spacial score (nSPS) is 11.3. The molecular weight excluding hydrogens is 438 g/mol. The molecule has 1 aromatic heterocycles. The standard InChI is InChI=1S/C22H22ClN3O4S/c1-30-21-10-9-19(12-20(21)23)31(28,29)26(15-17-6-3-2-4-7-17)16-22(27)25-14-18-8-5-11-24-13-18/h2-13H,14-16H2,1H3,(H,25,27). The summed E-state index contributed by atoms with van der Waals surface area (Å²) in [5, 5.41) is 2.91. The molecule has 0 aliphatic carbocycles. The molecule has 0 atom stereocenters. The first kappa shape index (κ1) is 22.7. The van der Waals surface area contributed by atoms with Gasteiger partial charge in [0.25, 0.3) is 0 Å². The Kier molecular flexibility index (Phi) is 7.62. The highest BCUT2D eigenvalue weighted by Crippen LogP contribution is 2.29. The lowest BCUT2D eigenvalue weighted by Gasteiger charge is -2.22. The number of carbonyl (C=O) groups excluding carboxylic acids is 1. The zero-order valence-electron chi connectivity index (χ0n) is 16.9. The number of ether oxygens (including phenoxy) is 1. The van der Waals surface area contributed by atoms with Crippen LogP contribution in [0.5, 0.6) is 5.75 Å². The molecule has 0 unspecified atom stereocenters. The minimum absolute atomic E-state index is 0.0192. The van der Waals surface area contributed by atoms with E-state index >= 15 is 0 Å². The first-order valence-electron chi connectivity index (χ1n) is 9.43. The second-order valence-corrected chi connectivity index (χ2v) is 9.04. The Hall–Kier alpha value is -2.94. The average Bonchev–Trinajstić information content (AvgIpc) is 2.78. The Labute approximate surface area is 186 Å². The first-order valence-corrected chi connectivity index (χ1v) is 11.2. The van der Waals surface area contributed by atoms with E-state index in [4.69, 9.17) is 16.3 Å². The second-order valence-electron chi connectivity index (χ2n) is 6.69. The summed E-state index contributed by atoms with van der Waals surface area (Å²) in [6, 6.07) is 16.9. The zero-order valence-corrected chi connectivity index (χ0v) is 18.4. The Morgan fingerprint density at radius 2 is 1.84 bits per heavy atom. The third kappa shape index (κ3) is 6.04. The van der Waals surface area contributed by atoms with Gasteiger partial charge in [0.15, 0.2) is 0 Å². The number of methoxy groups -OCH3 is 1. The predicted molar refractivity (Wildman–Crippen MR) is 118 cm³/mol. The van der Waals surface area contributed by atoms with Crippen LogP contribution in [0.2, 0.25) is 5.02 Å². The van der Waals surface area contributed by atoms with Crippen molar-refractivity contribution in [1.29, 1.82) is 0 Å². The molecule has 0 saturated heterocycles. The first-order chi connectivity index (χ1) is 14.9. The van der Waals surface area contributed by atoms with Crippen molar-refractivity contribution in [2.75, 3.05) is 13.7 Å². The lowest BCUT2D eigenvalue weighted by Crippen LogP contribution is -2.40. The van der Waals surface area contributed by atoms with Crippen LogP contribution < -0.4 is 10.1 Å². The van der Waals surface area contributed by atoms with Gasteiger partial charge in [0.2, 0.25) is 15.9 Å². The van der Waals surface area contributed by atoms with Gasteiger partial charge in [-0.2, -0.15) is 4.31 Å². The number of pyridine rings is 1. The molecule has 1 N–H and O–H groups in total. The smallest absolute Gasteiger partial charge is 0.243 e. The van der Waals surface area contributed by atoms with E-state index in [1.807, 2.05) is 24.3 Å². The highest BCUT2D eigenvalue weighted by Gasteiger charge is 2.27. The number of hydrogen-bond acceptors (Lipinski definition) is 5. The van der Waals surface area contributed by atoms with E-state index in [-0.39, 0.29) is 29.6 Å². The van der Waals surface area contributed by atoms with Crippen molar-refractivity contribution in [2.45, 2.75) is 18.0 Å². The van der Waals surface area contributed by atoms with Crippen LogP contribution in [0.1, 0.15) is 11.1 Å². The molecule has 7 nitrogen and oxygen atoms in total. The number of carbonyl (C=O) groups is 1. The topological polar surface area (TPSA) is 88.6 Å². The number of aromatic nitrogens is 1. The summed E-state index contributed by atoms with van der Waals surface area (Å²) < 4.78 is 32.9. The molecule has 0 bridgehead atoms. The maximum absolute atomic E-state index is 13.3. The number of amides is 1. The molecule has 0 aliphatic heterocycles. The van der Waals surface area contributed by atoms with Gasteiger partial charge in [0.1, 0.15) is 5.75 Å². The van der Waals surface area contributed by atoms with Gasteiger partial charge in [-0.25, -0.2) is 8.42 Å². The summed E-state index contributed by atoms with van der Waals surface area (Å²) in [6.45, 7) is -0.0610. The third-order valence-corrected chi connectivity index (χ3v) is 6.58. The quantitative estimate of drug-likeness (QED) is 0.530. The molecule has 0 spiro atoms. The maximum atomic E-state index is 13.3. The molecule has 0 aliphatic rings. The summed E-state index contributed by atoms with van der Waals surface area (Å²) >= 11 is 6.13. The van der Waals surface area contributed by atoms with E-state index in [0.29, 0.717) is 5.75 Å². The Bertz CT molecular complexity index is 1130. The highest BCUT2D eigenvalue weighted by molar-refractivity contribution is 7.89. The lowest BCUT2D eigenvalue weighted by atomic mass is 10.2. The molecule has 2 aromatic carbocycles. The molecule has 3 rings (SSSR count). The molecule has 3 aromatic rings. The molecule has 9 heteroatoms. The van der Waals surface area contributed by atoms with E-state index < -0.39 is 15.9 Å². The molecular formula is C22H22ClN3O4S. The number of nitrogens with one attached hydrogen (secondary N) is 1. The second kappa shape index (κ2) is 10.4. The lowest BCUT2D eigenvalue weighted by molar-refractivity contribution is -0.121. The molecule has 1 amide bonds. The van der Waals surface area contributed by atoms with Crippen LogP contribution in [0.4, 0.5) is 0 Å². The van der Waals surface area contributed by atoms with Gasteiger partial charge in [0, 0.05) is 25.5 Å². The zero-order chi connectivity index (χ0) is 22.3. The van der Waals surface area contributed by atoms with Gasteiger partial charge in [0.05, 0.1) is 23.6 Å². The molecule has 0 fully saturated rings. The van der Waals surface area contributed by atoms with Gasteiger partial charge in [-0.05, 0) is 35.4 Å². The van der Waals surface area contributed by atoms with E-state index in [1.54, 1.807) is 30.6 Å². The van der Waals surface area contributed by atoms with Gasteiger partial charge >= 0.3 is 0 Å². The van der Waals surface area contributed by atoms with Gasteiger partial charge in [-0.15, -0.1) is 0 Å². The van der Waals surface area contributed by atoms with E-state index in [9.17, 15) is 13.2 Å². The maximum Gasteiger partial charge on any atom is 0.243 e. The largest absolute Gasteiger partial charge is 0.495 e. The van der Waals surface area contributed by atoms with Crippen molar-refractivity contribution < 1.29 is 17.9 Å². The Morgan fingerprint density at radius 3 is 2.48 bits per heavy atom. The number of halogens is 1. The van der Waals surface area contributed by atoms with Crippen molar-refractivity contribution >= 4 is 27.5 Å². The molecule has 31 heavy (non-hydrogen) atoms. The van der Waals surface area contributed by atoms with Crippen molar-refractivity contribution in [1.82, 2.24) is 14.6 Å². The van der Waals surface area contributed by atoms with Crippen LogP contribution >= 0.6 is 11.6 Å². The number of sulfonamides is 1. The number of rotatable bonds is 9. The fraction of sp³-hybridized carbons (Fsp3) is 0.182. The number of benzene rings is 2. The summed E-state index contributed by atoms with van der Waals surface area (Å²) in [4.78, 5) is 16.6. The van der Waals surface area contributed by atoms with Crippen molar-refractivity contribution in [3.63, 3.8) is 0 Å². The summed E-state index contributed by atoms with van der Waals surface area (Å²) in [5.41, 5.74) is 1.57. The third-order valence-electron chi connectivity index (χ3n) is 4.50. The average molecular weight is 460 g/mol. The van der Waals surface area contributed by atoms with Crippen LogP contribution in [0.25, 0.3) is 0 Å². The van der Waals surface area contributed by atoms with E-state index in [0.717, 1.165) is 15.4 Å².